The van der Waals surface area contributed by atoms with E-state index in [2.05, 4.69) is 34.5 Å². The molecule has 2 heteroatoms. The van der Waals surface area contributed by atoms with Crippen LogP contribution in [-0.4, -0.2) is 24.0 Å². The number of rotatable bonds is 5. The van der Waals surface area contributed by atoms with Crippen molar-refractivity contribution in [2.45, 2.75) is 51.2 Å². The van der Waals surface area contributed by atoms with Crippen molar-refractivity contribution in [3.63, 3.8) is 0 Å². The Kier molecular flexibility index (Phi) is 3.53. The molecule has 0 aromatic heterocycles. The van der Waals surface area contributed by atoms with Crippen LogP contribution in [0.1, 0.15) is 43.2 Å². The smallest absolute Gasteiger partial charge is 0.0234 e. The molecule has 108 valence electrons. The lowest BCUT2D eigenvalue weighted by molar-refractivity contribution is 0.303. The lowest BCUT2D eigenvalue weighted by Crippen LogP contribution is -2.21. The monoisotopic (exact) mass is 270 g/mol. The Morgan fingerprint density at radius 1 is 1.00 bits per heavy atom. The number of nitrogens with one attached hydrogen (secondary N) is 1. The van der Waals surface area contributed by atoms with Gasteiger partial charge < -0.3 is 5.32 Å². The topological polar surface area (TPSA) is 15.3 Å². The molecular weight excluding hydrogens is 244 g/mol. The summed E-state index contributed by atoms with van der Waals surface area (Å²) in [7, 11) is 0. The van der Waals surface area contributed by atoms with Gasteiger partial charge in [0, 0.05) is 32.2 Å². The van der Waals surface area contributed by atoms with E-state index in [1.54, 1.807) is 0 Å². The van der Waals surface area contributed by atoms with E-state index in [4.69, 9.17) is 0 Å². The lowest BCUT2D eigenvalue weighted by atomic mass is 10.0. The van der Waals surface area contributed by atoms with Gasteiger partial charge in [0.05, 0.1) is 0 Å². The van der Waals surface area contributed by atoms with Gasteiger partial charge in [-0.2, -0.15) is 0 Å². The lowest BCUT2D eigenvalue weighted by Gasteiger charge is -2.17. The third-order valence-electron chi connectivity index (χ3n) is 5.37. The van der Waals surface area contributed by atoms with Crippen LogP contribution in [0.25, 0.3) is 0 Å². The van der Waals surface area contributed by atoms with E-state index in [1.165, 1.54) is 56.3 Å². The average Bonchev–Trinajstić information content (AvgIpc) is 3.06. The van der Waals surface area contributed by atoms with Crippen molar-refractivity contribution in [3.05, 3.63) is 35.4 Å². The van der Waals surface area contributed by atoms with Crippen molar-refractivity contribution >= 4 is 0 Å². The number of hydrogen-bond acceptors (Lipinski definition) is 2. The van der Waals surface area contributed by atoms with Gasteiger partial charge in [0.15, 0.2) is 0 Å². The van der Waals surface area contributed by atoms with Crippen molar-refractivity contribution in [1.82, 2.24) is 10.2 Å². The van der Waals surface area contributed by atoms with Crippen LogP contribution in [0, 0.1) is 11.8 Å². The van der Waals surface area contributed by atoms with Gasteiger partial charge in [0.1, 0.15) is 0 Å². The predicted octanol–water partition coefficient (Wildman–Crippen LogP) is 3.17. The van der Waals surface area contributed by atoms with E-state index in [9.17, 15) is 0 Å². The highest BCUT2D eigenvalue weighted by molar-refractivity contribution is 5.23. The first kappa shape index (κ1) is 12.8. The van der Waals surface area contributed by atoms with Gasteiger partial charge in [-0.05, 0) is 48.6 Å². The zero-order valence-electron chi connectivity index (χ0n) is 12.4. The van der Waals surface area contributed by atoms with Crippen LogP contribution in [0.2, 0.25) is 0 Å². The molecule has 0 radical (unpaired) electrons. The normalized spacial score (nSPS) is 29.8. The Balaban J connectivity index is 1.34. The molecule has 0 amide bonds. The summed E-state index contributed by atoms with van der Waals surface area (Å²) in [6.45, 7) is 4.89. The maximum atomic E-state index is 3.61. The second-order valence-electron chi connectivity index (χ2n) is 7.12. The summed E-state index contributed by atoms with van der Waals surface area (Å²) in [4.78, 5) is 2.68. The van der Waals surface area contributed by atoms with Gasteiger partial charge in [-0.15, -0.1) is 0 Å². The van der Waals surface area contributed by atoms with Crippen LogP contribution in [0.5, 0.6) is 0 Å². The van der Waals surface area contributed by atoms with Crippen LogP contribution in [-0.2, 0) is 13.1 Å². The zero-order chi connectivity index (χ0) is 13.4. The minimum atomic E-state index is 0.802. The minimum absolute atomic E-state index is 0.802. The summed E-state index contributed by atoms with van der Waals surface area (Å²) < 4.78 is 0. The van der Waals surface area contributed by atoms with E-state index in [0.29, 0.717) is 0 Å². The molecule has 3 fully saturated rings. The molecular formula is C18H26N2. The minimum Gasteiger partial charge on any atom is -0.310 e. The van der Waals surface area contributed by atoms with Crippen molar-refractivity contribution in [3.8, 4) is 0 Å². The Hall–Kier alpha value is -0.860. The molecule has 4 rings (SSSR count). The molecule has 2 aliphatic carbocycles. The van der Waals surface area contributed by atoms with Gasteiger partial charge in [0.2, 0.25) is 0 Å². The molecule has 1 heterocycles. The average molecular weight is 270 g/mol. The third kappa shape index (κ3) is 2.91. The molecule has 1 aromatic rings. The Morgan fingerprint density at radius 3 is 2.50 bits per heavy atom. The van der Waals surface area contributed by atoms with Crippen molar-refractivity contribution < 1.29 is 0 Å². The van der Waals surface area contributed by atoms with Gasteiger partial charge in [-0.3, -0.25) is 4.90 Å². The zero-order valence-corrected chi connectivity index (χ0v) is 12.4. The maximum absolute atomic E-state index is 3.61. The Bertz CT molecular complexity index is 454. The second kappa shape index (κ2) is 5.50. The first-order chi connectivity index (χ1) is 9.87. The SMILES string of the molecule is c1cc(CNC2CC2)cc(CN2CC3CCCC3C2)c1. The second-order valence-corrected chi connectivity index (χ2v) is 7.12. The quantitative estimate of drug-likeness (QED) is 0.884. The molecule has 2 saturated carbocycles. The molecule has 0 spiro atoms. The van der Waals surface area contributed by atoms with E-state index < -0.39 is 0 Å². The van der Waals surface area contributed by atoms with Crippen LogP contribution < -0.4 is 5.32 Å². The molecule has 2 unspecified atom stereocenters. The number of fused-ring (bicyclic) bond motifs is 1. The number of likely N-dealkylation sites (tertiary alicyclic amines) is 1. The summed E-state index contributed by atoms with van der Waals surface area (Å²) in [5, 5.41) is 3.61. The van der Waals surface area contributed by atoms with Gasteiger partial charge in [-0.1, -0.05) is 30.7 Å². The van der Waals surface area contributed by atoms with Crippen LogP contribution in [0.3, 0.4) is 0 Å². The molecule has 1 aliphatic heterocycles. The van der Waals surface area contributed by atoms with E-state index in [-0.39, 0.29) is 0 Å². The molecule has 1 saturated heterocycles. The van der Waals surface area contributed by atoms with E-state index in [1.807, 2.05) is 0 Å². The van der Waals surface area contributed by atoms with Crippen LogP contribution in [0.15, 0.2) is 24.3 Å². The van der Waals surface area contributed by atoms with Crippen LogP contribution >= 0.6 is 0 Å². The van der Waals surface area contributed by atoms with Gasteiger partial charge in [0.25, 0.3) is 0 Å². The maximum Gasteiger partial charge on any atom is 0.0234 e. The number of benzene rings is 1. The molecule has 1 N–H and O–H groups in total. The predicted molar refractivity (Wildman–Crippen MR) is 82.4 cm³/mol. The molecule has 0 bridgehead atoms. The molecule has 2 nitrogen and oxygen atoms in total. The highest BCUT2D eigenvalue weighted by Crippen LogP contribution is 2.38. The van der Waals surface area contributed by atoms with Gasteiger partial charge >= 0.3 is 0 Å². The van der Waals surface area contributed by atoms with E-state index >= 15 is 0 Å². The highest BCUT2D eigenvalue weighted by Gasteiger charge is 2.35. The van der Waals surface area contributed by atoms with Crippen molar-refractivity contribution in [1.29, 1.82) is 0 Å². The molecule has 3 aliphatic rings. The summed E-state index contributed by atoms with van der Waals surface area (Å²) in [5.74, 6) is 2.02. The fraction of sp³-hybridized carbons (Fsp3) is 0.667. The highest BCUT2D eigenvalue weighted by atomic mass is 15.2. The Morgan fingerprint density at radius 2 is 1.75 bits per heavy atom. The van der Waals surface area contributed by atoms with Crippen molar-refractivity contribution in [2.24, 2.45) is 11.8 Å². The number of nitrogens with zero attached hydrogens (tertiary/aromatic N) is 1. The number of hydrogen-bond donors (Lipinski definition) is 1. The molecule has 2 atom stereocenters. The molecule has 20 heavy (non-hydrogen) atoms. The Labute approximate surface area is 122 Å². The van der Waals surface area contributed by atoms with Gasteiger partial charge in [-0.25, -0.2) is 0 Å². The van der Waals surface area contributed by atoms with Crippen LogP contribution in [0.4, 0.5) is 0 Å². The fourth-order valence-electron chi connectivity index (χ4n) is 4.11. The first-order valence-electron chi connectivity index (χ1n) is 8.40. The summed E-state index contributed by atoms with van der Waals surface area (Å²) >= 11 is 0. The molecule has 1 aromatic carbocycles. The van der Waals surface area contributed by atoms with E-state index in [0.717, 1.165) is 31.0 Å². The fourth-order valence-corrected chi connectivity index (χ4v) is 4.11. The standard InChI is InChI=1S/C18H26N2/c1-3-14(10-19-18-7-8-18)9-15(4-1)11-20-12-16-5-2-6-17(16)13-20/h1,3-4,9,16-19H,2,5-8,10-13H2. The summed E-state index contributed by atoms with van der Waals surface area (Å²) in [6.07, 6.45) is 7.18. The first-order valence-corrected chi connectivity index (χ1v) is 8.40. The van der Waals surface area contributed by atoms with Crippen molar-refractivity contribution in [2.75, 3.05) is 13.1 Å². The third-order valence-corrected chi connectivity index (χ3v) is 5.37. The largest absolute Gasteiger partial charge is 0.310 e. The summed E-state index contributed by atoms with van der Waals surface area (Å²) in [6, 6.07) is 10.0. The summed E-state index contributed by atoms with van der Waals surface area (Å²) in [5.41, 5.74) is 2.95.